The van der Waals surface area contributed by atoms with E-state index in [0.717, 1.165) is 4.57 Å². The van der Waals surface area contributed by atoms with Crippen LogP contribution >= 0.6 is 0 Å². The maximum Gasteiger partial charge on any atom is 0.341 e. The van der Waals surface area contributed by atoms with Crippen LogP contribution < -0.4 is 16.0 Å². The molecule has 3 rings (SSSR count). The zero-order valence-electron chi connectivity index (χ0n) is 15.9. The van der Waals surface area contributed by atoms with Crippen LogP contribution in [0.5, 0.6) is 11.5 Å². The van der Waals surface area contributed by atoms with Crippen molar-refractivity contribution in [3.8, 4) is 11.5 Å². The molecular weight excluding hydrogens is 380 g/mol. The van der Waals surface area contributed by atoms with E-state index in [1.165, 1.54) is 16.7 Å². The fourth-order valence-corrected chi connectivity index (χ4v) is 2.90. The summed E-state index contributed by atoms with van der Waals surface area (Å²) in [6.45, 7) is 3.59. The van der Waals surface area contributed by atoms with Crippen molar-refractivity contribution in [1.29, 1.82) is 0 Å². The number of aromatic nitrogens is 4. The number of H-pyrrole nitrogens is 1. The summed E-state index contributed by atoms with van der Waals surface area (Å²) in [6, 6.07) is 4.48. The average Bonchev–Trinajstić information content (AvgIpc) is 3.10. The molecule has 1 aromatic carbocycles. The average molecular weight is 400 g/mol. The Morgan fingerprint density at radius 3 is 2.55 bits per heavy atom. The number of phenolic OH excluding ortho intramolecular Hbond substituents is 1. The number of carboxylic acid groups (broad SMARTS) is 1. The first kappa shape index (κ1) is 19.9. The van der Waals surface area contributed by atoms with Crippen LogP contribution in [0.3, 0.4) is 0 Å². The minimum Gasteiger partial charge on any atom is -0.504 e. The van der Waals surface area contributed by atoms with Crippen molar-refractivity contribution < 1.29 is 19.7 Å². The van der Waals surface area contributed by atoms with E-state index in [-0.39, 0.29) is 29.2 Å². The third-order valence-electron chi connectivity index (χ3n) is 4.28. The van der Waals surface area contributed by atoms with Gasteiger partial charge in [-0.3, -0.25) is 13.9 Å². The van der Waals surface area contributed by atoms with Gasteiger partial charge in [-0.2, -0.15) is 0 Å². The van der Waals surface area contributed by atoms with E-state index in [1.54, 1.807) is 32.1 Å². The number of carboxylic acids is 1. The van der Waals surface area contributed by atoms with Crippen LogP contribution in [0.25, 0.3) is 23.3 Å². The molecule has 2 heterocycles. The molecule has 152 valence electrons. The van der Waals surface area contributed by atoms with E-state index in [2.05, 4.69) is 9.97 Å². The second-order valence-corrected chi connectivity index (χ2v) is 6.14. The molecule has 10 nitrogen and oxygen atoms in total. The molecule has 0 radical (unpaired) electrons. The fraction of sp³-hybridized carbons (Fsp3) is 0.263. The molecule has 0 unspecified atom stereocenters. The summed E-state index contributed by atoms with van der Waals surface area (Å²) in [5.41, 5.74) is 0.295. The van der Waals surface area contributed by atoms with E-state index in [0.29, 0.717) is 17.9 Å². The van der Waals surface area contributed by atoms with E-state index in [4.69, 9.17) is 9.84 Å². The Hall–Kier alpha value is -3.82. The van der Waals surface area contributed by atoms with Gasteiger partial charge in [0.25, 0.3) is 5.56 Å². The largest absolute Gasteiger partial charge is 0.504 e. The molecule has 0 aliphatic carbocycles. The number of aliphatic carboxylic acids is 1. The molecule has 0 atom stereocenters. The number of phenols is 1. The molecule has 0 bridgehead atoms. The van der Waals surface area contributed by atoms with Gasteiger partial charge in [0, 0.05) is 13.1 Å². The lowest BCUT2D eigenvalue weighted by molar-refractivity contribution is -0.139. The first-order chi connectivity index (χ1) is 13.8. The minimum absolute atomic E-state index is 0.0559. The first-order valence-electron chi connectivity index (χ1n) is 8.94. The summed E-state index contributed by atoms with van der Waals surface area (Å²) in [6.07, 6.45) is 3.25. The number of nitrogens with one attached hydrogen (secondary N) is 1. The lowest BCUT2D eigenvalue weighted by atomic mass is 10.2. The number of aryl methyl sites for hydroxylation is 1. The summed E-state index contributed by atoms with van der Waals surface area (Å²) in [5, 5.41) is 18.6. The monoisotopic (exact) mass is 400 g/mol. The summed E-state index contributed by atoms with van der Waals surface area (Å²) >= 11 is 0. The summed E-state index contributed by atoms with van der Waals surface area (Å²) in [5.74, 6) is -0.923. The zero-order valence-corrected chi connectivity index (χ0v) is 15.9. The first-order valence-corrected chi connectivity index (χ1v) is 8.94. The molecule has 3 aromatic rings. The molecule has 0 saturated heterocycles. The quantitative estimate of drug-likeness (QED) is 0.542. The predicted octanol–water partition coefficient (Wildman–Crippen LogP) is 1.27. The summed E-state index contributed by atoms with van der Waals surface area (Å²) in [7, 11) is 0. The third kappa shape index (κ3) is 3.91. The minimum atomic E-state index is -1.15. The normalized spacial score (nSPS) is 11.4. The lowest BCUT2D eigenvalue weighted by Gasteiger charge is -2.06. The van der Waals surface area contributed by atoms with Gasteiger partial charge in [-0.25, -0.2) is 14.6 Å². The Bertz CT molecular complexity index is 1220. The van der Waals surface area contributed by atoms with Crippen molar-refractivity contribution in [2.75, 3.05) is 6.61 Å². The molecule has 0 aliphatic heterocycles. The number of fused-ring (bicyclic) bond motifs is 1. The predicted molar refractivity (Wildman–Crippen MR) is 106 cm³/mol. The Morgan fingerprint density at radius 2 is 1.93 bits per heavy atom. The molecule has 0 amide bonds. The number of aromatic hydroxyl groups is 1. The Balaban J connectivity index is 1.94. The van der Waals surface area contributed by atoms with Gasteiger partial charge in [-0.1, -0.05) is 12.1 Å². The van der Waals surface area contributed by atoms with Crippen LogP contribution in [0.4, 0.5) is 0 Å². The number of benzene rings is 1. The molecule has 0 fully saturated rings. The topological polar surface area (TPSA) is 139 Å². The Kier molecular flexibility index (Phi) is 5.53. The number of ether oxygens (including phenoxy) is 1. The fourth-order valence-electron chi connectivity index (χ4n) is 2.90. The molecule has 0 aliphatic rings. The van der Waals surface area contributed by atoms with Gasteiger partial charge >= 0.3 is 11.7 Å². The van der Waals surface area contributed by atoms with Crippen molar-refractivity contribution in [2.24, 2.45) is 0 Å². The van der Waals surface area contributed by atoms with Crippen molar-refractivity contribution in [3.05, 3.63) is 50.4 Å². The number of carbonyl (C=O) groups is 1. The standard InChI is InChI=1S/C19H20N4O6/c1-3-22-17-16(18(27)23(4-2)19(22)28)20-14(21-17)8-6-11-5-7-13(12(24)9-11)29-10-15(25)26/h5-9,24H,3-4,10H2,1-2H3,(H,20,21)(H,25,26)/b8-6+. The van der Waals surface area contributed by atoms with Crippen LogP contribution in [0.15, 0.2) is 27.8 Å². The zero-order chi connectivity index (χ0) is 21.1. The lowest BCUT2D eigenvalue weighted by Crippen LogP contribution is -2.39. The van der Waals surface area contributed by atoms with Gasteiger partial charge in [0.05, 0.1) is 0 Å². The molecule has 0 saturated carbocycles. The van der Waals surface area contributed by atoms with Crippen LogP contribution in [0.1, 0.15) is 25.2 Å². The second-order valence-electron chi connectivity index (χ2n) is 6.14. The smallest absolute Gasteiger partial charge is 0.341 e. The molecule has 0 spiro atoms. The van der Waals surface area contributed by atoms with Crippen molar-refractivity contribution >= 4 is 29.3 Å². The highest BCUT2D eigenvalue weighted by atomic mass is 16.5. The van der Waals surface area contributed by atoms with Gasteiger partial charge in [-0.05, 0) is 37.6 Å². The maximum absolute atomic E-state index is 12.5. The number of aromatic amines is 1. The number of imidazole rings is 1. The van der Waals surface area contributed by atoms with Crippen molar-refractivity contribution in [3.63, 3.8) is 0 Å². The Morgan fingerprint density at radius 1 is 1.21 bits per heavy atom. The molecular formula is C19H20N4O6. The van der Waals surface area contributed by atoms with Crippen LogP contribution in [-0.2, 0) is 17.9 Å². The van der Waals surface area contributed by atoms with E-state index >= 15 is 0 Å². The van der Waals surface area contributed by atoms with Crippen LogP contribution in [0, 0.1) is 0 Å². The van der Waals surface area contributed by atoms with E-state index < -0.39 is 23.8 Å². The van der Waals surface area contributed by atoms with Gasteiger partial charge < -0.3 is 19.9 Å². The van der Waals surface area contributed by atoms with Crippen molar-refractivity contribution in [1.82, 2.24) is 19.1 Å². The molecule has 3 N–H and O–H groups in total. The van der Waals surface area contributed by atoms with E-state index in [1.807, 2.05) is 0 Å². The number of hydrogen-bond acceptors (Lipinski definition) is 6. The summed E-state index contributed by atoms with van der Waals surface area (Å²) < 4.78 is 7.54. The van der Waals surface area contributed by atoms with Gasteiger partial charge in [-0.15, -0.1) is 0 Å². The SMILES string of the molecule is CCn1c(=O)c2[nH]c(/C=C/c3ccc(OCC(=O)O)c(O)c3)nc2n(CC)c1=O. The summed E-state index contributed by atoms with van der Waals surface area (Å²) in [4.78, 5) is 42.7. The number of nitrogens with zero attached hydrogens (tertiary/aromatic N) is 3. The highest BCUT2D eigenvalue weighted by molar-refractivity contribution is 5.76. The Labute approximate surface area is 164 Å². The van der Waals surface area contributed by atoms with Crippen LogP contribution in [-0.4, -0.2) is 41.9 Å². The molecule has 29 heavy (non-hydrogen) atoms. The third-order valence-corrected chi connectivity index (χ3v) is 4.28. The highest BCUT2D eigenvalue weighted by Gasteiger charge is 2.15. The van der Waals surface area contributed by atoms with Gasteiger partial charge in [0.15, 0.2) is 23.8 Å². The second kappa shape index (κ2) is 8.05. The molecule has 10 heteroatoms. The van der Waals surface area contributed by atoms with Gasteiger partial charge in [0.2, 0.25) is 0 Å². The maximum atomic E-state index is 12.5. The van der Waals surface area contributed by atoms with E-state index in [9.17, 15) is 19.5 Å². The number of rotatable bonds is 7. The number of hydrogen-bond donors (Lipinski definition) is 3. The van der Waals surface area contributed by atoms with Crippen LogP contribution in [0.2, 0.25) is 0 Å². The highest BCUT2D eigenvalue weighted by Crippen LogP contribution is 2.27. The molecule has 2 aromatic heterocycles. The van der Waals surface area contributed by atoms with Crippen molar-refractivity contribution in [2.45, 2.75) is 26.9 Å². The van der Waals surface area contributed by atoms with Gasteiger partial charge in [0.1, 0.15) is 11.3 Å².